The fourth-order valence-corrected chi connectivity index (χ4v) is 3.53. The summed E-state index contributed by atoms with van der Waals surface area (Å²) in [6, 6.07) is 13.1. The smallest absolute Gasteiger partial charge is 0.430 e. The summed E-state index contributed by atoms with van der Waals surface area (Å²) in [4.78, 5) is 11.4. The molecule has 0 spiro atoms. The fourth-order valence-electron chi connectivity index (χ4n) is 3.53. The highest BCUT2D eigenvalue weighted by Crippen LogP contribution is 2.39. The summed E-state index contributed by atoms with van der Waals surface area (Å²) in [5.41, 5.74) is 2.55. The third kappa shape index (κ3) is 6.36. The number of carbonyl (C=O) groups is 1. The lowest BCUT2D eigenvalue weighted by molar-refractivity contribution is -0.187. The molecule has 1 heterocycles. The van der Waals surface area contributed by atoms with E-state index in [4.69, 9.17) is 4.74 Å². The molecule has 1 atom stereocenters. The maximum absolute atomic E-state index is 13.3. The van der Waals surface area contributed by atoms with Crippen molar-refractivity contribution >= 4 is 12.0 Å². The lowest BCUT2D eigenvalue weighted by Gasteiger charge is -2.28. The third-order valence-electron chi connectivity index (χ3n) is 5.00. The molecule has 2 aromatic rings. The molecule has 2 aromatic carbocycles. The van der Waals surface area contributed by atoms with Gasteiger partial charge in [0.25, 0.3) is 0 Å². The van der Waals surface area contributed by atoms with Crippen LogP contribution in [0.2, 0.25) is 0 Å². The van der Waals surface area contributed by atoms with Crippen LogP contribution in [0.1, 0.15) is 62.3 Å². The molecule has 0 saturated heterocycles. The van der Waals surface area contributed by atoms with Gasteiger partial charge in [0.1, 0.15) is 5.75 Å². The van der Waals surface area contributed by atoms with Crippen LogP contribution in [0.15, 0.2) is 48.0 Å². The van der Waals surface area contributed by atoms with Crippen LogP contribution in [-0.2, 0) is 17.6 Å². The second-order valence-electron chi connectivity index (χ2n) is 7.22. The molecule has 1 unspecified atom stereocenters. The van der Waals surface area contributed by atoms with Gasteiger partial charge in [-0.15, -0.1) is 0 Å². The summed E-state index contributed by atoms with van der Waals surface area (Å²) in [6.07, 6.45) is -1.77. The number of unbranched alkanes of at least 4 members (excludes halogenated alkanes) is 2. The number of benzene rings is 2. The van der Waals surface area contributed by atoms with Gasteiger partial charge in [0.2, 0.25) is 6.10 Å². The van der Waals surface area contributed by atoms with Gasteiger partial charge in [0.15, 0.2) is 0 Å². The molecule has 0 aliphatic carbocycles. The highest BCUT2D eigenvalue weighted by Gasteiger charge is 2.48. The van der Waals surface area contributed by atoms with E-state index in [2.05, 4.69) is 6.92 Å². The van der Waals surface area contributed by atoms with Crippen molar-refractivity contribution in [1.82, 2.24) is 0 Å². The van der Waals surface area contributed by atoms with Crippen LogP contribution in [-0.4, -0.2) is 23.4 Å². The summed E-state index contributed by atoms with van der Waals surface area (Å²) in [5.74, 6) is -1.55. The minimum absolute atomic E-state index is 0.0718. The molecule has 1 N–H and O–H groups in total. The Morgan fingerprint density at radius 3 is 2.32 bits per heavy atom. The van der Waals surface area contributed by atoms with E-state index < -0.39 is 23.8 Å². The van der Waals surface area contributed by atoms with E-state index in [1.807, 2.05) is 44.2 Å². The van der Waals surface area contributed by atoms with E-state index in [1.165, 1.54) is 0 Å². The monoisotopic (exact) mass is 434 g/mol. The summed E-state index contributed by atoms with van der Waals surface area (Å²) < 4.78 is 45.2. The summed E-state index contributed by atoms with van der Waals surface area (Å²) in [6.45, 7) is 6.10. The van der Waals surface area contributed by atoms with Crippen molar-refractivity contribution in [3.05, 3.63) is 70.3 Å². The fraction of sp³-hybridized carbons (Fsp3) is 0.400. The summed E-state index contributed by atoms with van der Waals surface area (Å²) in [7, 11) is 0. The van der Waals surface area contributed by atoms with E-state index in [0.717, 1.165) is 48.4 Å². The van der Waals surface area contributed by atoms with Gasteiger partial charge in [-0.1, -0.05) is 63.9 Å². The molecule has 1 aliphatic rings. The first-order valence-corrected chi connectivity index (χ1v) is 10.7. The Bertz CT molecular complexity index is 902. The van der Waals surface area contributed by atoms with Gasteiger partial charge in [0, 0.05) is 5.56 Å². The van der Waals surface area contributed by atoms with Crippen molar-refractivity contribution in [1.29, 1.82) is 0 Å². The van der Waals surface area contributed by atoms with Gasteiger partial charge in [0.05, 0.1) is 5.57 Å². The number of alkyl halides is 3. The second kappa shape index (κ2) is 11.0. The first-order valence-electron chi connectivity index (χ1n) is 10.7. The molecular formula is C25H29F3O3. The lowest BCUT2D eigenvalue weighted by Crippen LogP contribution is -2.40. The van der Waals surface area contributed by atoms with E-state index >= 15 is 0 Å². The Balaban J connectivity index is 0.00000166. The van der Waals surface area contributed by atoms with Gasteiger partial charge in [-0.05, 0) is 54.2 Å². The number of halogens is 3. The van der Waals surface area contributed by atoms with Crippen molar-refractivity contribution in [2.45, 2.75) is 65.2 Å². The molecule has 0 aromatic heterocycles. The van der Waals surface area contributed by atoms with Crippen molar-refractivity contribution in [2.24, 2.45) is 0 Å². The molecule has 0 fully saturated rings. The number of carboxylic acids is 1. The maximum atomic E-state index is 13.3. The number of carboxylic acid groups (broad SMARTS) is 1. The average Bonchev–Trinajstić information content (AvgIpc) is 2.74. The first kappa shape index (κ1) is 24.5. The number of hydrogen-bond acceptors (Lipinski definition) is 2. The Labute approximate surface area is 181 Å². The second-order valence-corrected chi connectivity index (χ2v) is 7.22. The zero-order valence-electron chi connectivity index (χ0n) is 18.1. The topological polar surface area (TPSA) is 46.5 Å². The molecular weight excluding hydrogens is 405 g/mol. The Kier molecular flexibility index (Phi) is 8.72. The normalized spacial score (nSPS) is 15.2. The van der Waals surface area contributed by atoms with Crippen molar-refractivity contribution in [2.75, 3.05) is 0 Å². The highest BCUT2D eigenvalue weighted by molar-refractivity contribution is 5.95. The molecule has 0 bridgehead atoms. The predicted molar refractivity (Wildman–Crippen MR) is 116 cm³/mol. The zero-order chi connectivity index (χ0) is 23.0. The van der Waals surface area contributed by atoms with Gasteiger partial charge in [-0.25, -0.2) is 4.79 Å². The number of hydrogen-bond donors (Lipinski definition) is 1. The number of rotatable bonds is 7. The van der Waals surface area contributed by atoms with E-state index in [0.29, 0.717) is 12.0 Å². The van der Waals surface area contributed by atoms with Gasteiger partial charge in [-0.2, -0.15) is 13.2 Å². The SMILES string of the molecule is CC.CCCCCc1cc2c(cc1Cc1ccccc1)OC(C(F)(F)F)C(C(=O)O)=C2. The van der Waals surface area contributed by atoms with Crippen LogP contribution >= 0.6 is 0 Å². The zero-order valence-corrected chi connectivity index (χ0v) is 18.1. The molecule has 0 amide bonds. The largest absolute Gasteiger partial charge is 0.478 e. The molecule has 31 heavy (non-hydrogen) atoms. The third-order valence-corrected chi connectivity index (χ3v) is 5.00. The Morgan fingerprint density at radius 1 is 1.06 bits per heavy atom. The maximum Gasteiger partial charge on any atom is 0.430 e. The van der Waals surface area contributed by atoms with Crippen LogP contribution < -0.4 is 4.74 Å². The summed E-state index contributed by atoms with van der Waals surface area (Å²) >= 11 is 0. The van der Waals surface area contributed by atoms with Crippen molar-refractivity contribution < 1.29 is 27.8 Å². The van der Waals surface area contributed by atoms with E-state index in [9.17, 15) is 23.1 Å². The average molecular weight is 434 g/mol. The number of fused-ring (bicyclic) bond motifs is 1. The highest BCUT2D eigenvalue weighted by atomic mass is 19.4. The summed E-state index contributed by atoms with van der Waals surface area (Å²) in [5, 5.41) is 9.24. The van der Waals surface area contributed by atoms with Gasteiger partial charge >= 0.3 is 12.1 Å². The van der Waals surface area contributed by atoms with Crippen molar-refractivity contribution in [3.63, 3.8) is 0 Å². The van der Waals surface area contributed by atoms with Crippen molar-refractivity contribution in [3.8, 4) is 5.75 Å². The minimum Gasteiger partial charge on any atom is -0.478 e. The molecule has 1 aliphatic heterocycles. The first-order chi connectivity index (χ1) is 14.8. The van der Waals surface area contributed by atoms with Crippen LogP contribution in [0.3, 0.4) is 0 Å². The molecule has 168 valence electrons. The number of aliphatic carboxylic acids is 1. The molecule has 6 heteroatoms. The quantitative estimate of drug-likeness (QED) is 0.486. The van der Waals surface area contributed by atoms with Crippen LogP contribution in [0.4, 0.5) is 13.2 Å². The predicted octanol–water partition coefficient (Wildman–Crippen LogP) is 6.83. The van der Waals surface area contributed by atoms with Crippen LogP contribution in [0.5, 0.6) is 5.75 Å². The minimum atomic E-state index is -4.80. The molecule has 3 rings (SSSR count). The number of aryl methyl sites for hydroxylation is 1. The molecule has 0 saturated carbocycles. The lowest BCUT2D eigenvalue weighted by atomic mass is 9.91. The van der Waals surface area contributed by atoms with E-state index in [-0.39, 0.29) is 5.75 Å². The standard InChI is InChI=1S/C23H23F3O3.C2H6/c1-2-3-5-10-16-12-18-13-19(22(27)28)21(23(24,25)26)29-20(18)14-17(16)11-15-8-6-4-7-9-15;1-2/h4,6-9,12-14,21H,2-3,5,10-11H2,1H3,(H,27,28);1-2H3. The molecule has 3 nitrogen and oxygen atoms in total. The van der Waals surface area contributed by atoms with Crippen LogP contribution in [0, 0.1) is 0 Å². The van der Waals surface area contributed by atoms with Crippen LogP contribution in [0.25, 0.3) is 6.08 Å². The molecule has 0 radical (unpaired) electrons. The van der Waals surface area contributed by atoms with Gasteiger partial charge < -0.3 is 9.84 Å². The van der Waals surface area contributed by atoms with Gasteiger partial charge in [-0.3, -0.25) is 0 Å². The Morgan fingerprint density at radius 2 is 1.74 bits per heavy atom. The number of ether oxygens (including phenoxy) is 1. The van der Waals surface area contributed by atoms with E-state index in [1.54, 1.807) is 12.1 Å². The Hall–Kier alpha value is -2.76.